The molecule has 0 aromatic heterocycles. The van der Waals surface area contributed by atoms with E-state index in [0.717, 1.165) is 11.1 Å². The Morgan fingerprint density at radius 3 is 2.25 bits per heavy atom. The number of benzene rings is 4. The molecule has 0 unspecified atom stereocenters. The summed E-state index contributed by atoms with van der Waals surface area (Å²) in [4.78, 5) is 0. The van der Waals surface area contributed by atoms with Crippen LogP contribution < -0.4 is 5.73 Å². The monoisotopic (exact) mass is 257 g/mol. The Morgan fingerprint density at radius 2 is 1.45 bits per heavy atom. The molecule has 0 aliphatic carbocycles. The minimum absolute atomic E-state index is 0.848. The highest BCUT2D eigenvalue weighted by Gasteiger charge is 2.07. The van der Waals surface area contributed by atoms with Gasteiger partial charge in [0.05, 0.1) is 0 Å². The largest absolute Gasteiger partial charge is 0.398 e. The first-order valence-corrected chi connectivity index (χ1v) is 6.84. The van der Waals surface area contributed by atoms with Crippen LogP contribution in [0.5, 0.6) is 0 Å². The SMILES string of the molecule is Cc1ccc(N)c2ccc3cc4ccccc4cc3c12. The lowest BCUT2D eigenvalue weighted by Crippen LogP contribution is -1.90. The minimum atomic E-state index is 0.848. The summed E-state index contributed by atoms with van der Waals surface area (Å²) in [6.07, 6.45) is 0. The quantitative estimate of drug-likeness (QED) is 0.267. The number of rotatable bonds is 0. The zero-order chi connectivity index (χ0) is 13.7. The maximum Gasteiger partial charge on any atom is 0.0394 e. The Balaban J connectivity index is 2.29. The topological polar surface area (TPSA) is 26.0 Å². The second-order valence-electron chi connectivity index (χ2n) is 5.38. The minimum Gasteiger partial charge on any atom is -0.398 e. The molecule has 4 rings (SSSR count). The molecule has 0 saturated carbocycles. The molecule has 4 aromatic carbocycles. The van der Waals surface area contributed by atoms with Gasteiger partial charge in [-0.15, -0.1) is 0 Å². The lowest BCUT2D eigenvalue weighted by Gasteiger charge is -2.10. The third-order valence-corrected chi connectivity index (χ3v) is 4.10. The van der Waals surface area contributed by atoms with E-state index in [1.165, 1.54) is 32.5 Å². The van der Waals surface area contributed by atoms with Crippen molar-refractivity contribution in [3.8, 4) is 0 Å². The van der Waals surface area contributed by atoms with E-state index in [0.29, 0.717) is 0 Å². The van der Waals surface area contributed by atoms with Gasteiger partial charge in [0, 0.05) is 11.1 Å². The van der Waals surface area contributed by atoms with Gasteiger partial charge in [-0.05, 0) is 57.6 Å². The van der Waals surface area contributed by atoms with Gasteiger partial charge in [-0.25, -0.2) is 0 Å². The van der Waals surface area contributed by atoms with Crippen LogP contribution in [0.15, 0.2) is 60.7 Å². The highest BCUT2D eigenvalue weighted by molar-refractivity contribution is 6.15. The molecule has 0 bridgehead atoms. The molecule has 0 radical (unpaired) electrons. The highest BCUT2D eigenvalue weighted by Crippen LogP contribution is 2.33. The van der Waals surface area contributed by atoms with Crippen LogP contribution in [0.3, 0.4) is 0 Å². The highest BCUT2D eigenvalue weighted by atomic mass is 14.5. The molecule has 0 aliphatic heterocycles. The number of nitrogen functional groups attached to an aromatic ring is 1. The van der Waals surface area contributed by atoms with E-state index in [2.05, 4.69) is 61.5 Å². The third kappa shape index (κ3) is 1.50. The molecule has 1 heteroatoms. The lowest BCUT2D eigenvalue weighted by molar-refractivity contribution is 1.54. The first kappa shape index (κ1) is 11.3. The van der Waals surface area contributed by atoms with Crippen LogP contribution in [-0.2, 0) is 0 Å². The number of aryl methyl sites for hydroxylation is 1. The van der Waals surface area contributed by atoms with Crippen molar-refractivity contribution in [2.24, 2.45) is 0 Å². The molecule has 2 N–H and O–H groups in total. The van der Waals surface area contributed by atoms with Gasteiger partial charge < -0.3 is 5.73 Å². The number of nitrogens with two attached hydrogens (primary N) is 1. The van der Waals surface area contributed by atoms with E-state index in [9.17, 15) is 0 Å². The summed E-state index contributed by atoms with van der Waals surface area (Å²) in [6.45, 7) is 2.15. The van der Waals surface area contributed by atoms with Crippen LogP contribution in [0.1, 0.15) is 5.56 Å². The second-order valence-corrected chi connectivity index (χ2v) is 5.38. The van der Waals surface area contributed by atoms with E-state index in [4.69, 9.17) is 5.73 Å². The van der Waals surface area contributed by atoms with Crippen LogP contribution in [0.2, 0.25) is 0 Å². The summed E-state index contributed by atoms with van der Waals surface area (Å²) >= 11 is 0. The molecule has 20 heavy (non-hydrogen) atoms. The number of fused-ring (bicyclic) bond motifs is 4. The van der Waals surface area contributed by atoms with Crippen molar-refractivity contribution in [1.82, 2.24) is 0 Å². The lowest BCUT2D eigenvalue weighted by atomic mass is 9.95. The molecule has 0 spiro atoms. The Hall–Kier alpha value is -2.54. The molecular formula is C19H15N. The molecule has 0 atom stereocenters. The first-order chi connectivity index (χ1) is 9.74. The summed E-state index contributed by atoms with van der Waals surface area (Å²) in [5.41, 5.74) is 8.25. The van der Waals surface area contributed by atoms with Crippen LogP contribution in [0.25, 0.3) is 32.3 Å². The molecule has 96 valence electrons. The van der Waals surface area contributed by atoms with Gasteiger partial charge >= 0.3 is 0 Å². The normalized spacial score (nSPS) is 11.4. The standard InChI is InChI=1S/C19H15N/c1-12-6-9-18(20)16-8-7-15-10-13-4-2-3-5-14(13)11-17(15)19(12)16/h2-11H,20H2,1H3. The zero-order valence-corrected chi connectivity index (χ0v) is 11.4. The van der Waals surface area contributed by atoms with Crippen LogP contribution >= 0.6 is 0 Å². The summed E-state index contributed by atoms with van der Waals surface area (Å²) in [7, 11) is 0. The fraction of sp³-hybridized carbons (Fsp3) is 0.0526. The number of hydrogen-bond donors (Lipinski definition) is 1. The molecule has 4 aromatic rings. The van der Waals surface area contributed by atoms with Crippen molar-refractivity contribution in [2.45, 2.75) is 6.92 Å². The van der Waals surface area contributed by atoms with Gasteiger partial charge in [0.1, 0.15) is 0 Å². The Bertz CT molecular complexity index is 967. The fourth-order valence-corrected chi connectivity index (χ4v) is 3.07. The summed E-state index contributed by atoms with van der Waals surface area (Å²) in [5, 5.41) is 7.52. The molecule has 0 fully saturated rings. The molecule has 0 saturated heterocycles. The van der Waals surface area contributed by atoms with Gasteiger partial charge in [-0.1, -0.05) is 42.5 Å². The van der Waals surface area contributed by atoms with Crippen molar-refractivity contribution in [3.05, 3.63) is 66.2 Å². The number of hydrogen-bond acceptors (Lipinski definition) is 1. The zero-order valence-electron chi connectivity index (χ0n) is 11.4. The van der Waals surface area contributed by atoms with Crippen molar-refractivity contribution >= 4 is 38.0 Å². The molecule has 0 heterocycles. The maximum absolute atomic E-state index is 6.13. The van der Waals surface area contributed by atoms with Crippen molar-refractivity contribution in [1.29, 1.82) is 0 Å². The maximum atomic E-state index is 6.13. The summed E-state index contributed by atoms with van der Waals surface area (Å²) in [6, 6.07) is 21.4. The average Bonchev–Trinajstić information content (AvgIpc) is 2.48. The van der Waals surface area contributed by atoms with Crippen molar-refractivity contribution in [3.63, 3.8) is 0 Å². The van der Waals surface area contributed by atoms with Crippen molar-refractivity contribution in [2.75, 3.05) is 5.73 Å². The smallest absolute Gasteiger partial charge is 0.0394 e. The van der Waals surface area contributed by atoms with Gasteiger partial charge in [0.15, 0.2) is 0 Å². The molecular weight excluding hydrogens is 242 g/mol. The van der Waals surface area contributed by atoms with Gasteiger partial charge in [-0.2, -0.15) is 0 Å². The second kappa shape index (κ2) is 3.97. The Morgan fingerprint density at radius 1 is 0.700 bits per heavy atom. The number of anilines is 1. The van der Waals surface area contributed by atoms with Gasteiger partial charge in [-0.3, -0.25) is 0 Å². The Labute approximate surface area is 117 Å². The van der Waals surface area contributed by atoms with Gasteiger partial charge in [0.25, 0.3) is 0 Å². The average molecular weight is 257 g/mol. The van der Waals surface area contributed by atoms with Crippen LogP contribution in [0.4, 0.5) is 5.69 Å². The Kier molecular flexibility index (Phi) is 2.25. The van der Waals surface area contributed by atoms with Crippen LogP contribution in [0, 0.1) is 6.92 Å². The molecule has 0 aliphatic rings. The van der Waals surface area contributed by atoms with Crippen molar-refractivity contribution < 1.29 is 0 Å². The van der Waals surface area contributed by atoms with Gasteiger partial charge in [0.2, 0.25) is 0 Å². The predicted octanol–water partition coefficient (Wildman–Crippen LogP) is 5.04. The van der Waals surface area contributed by atoms with E-state index < -0.39 is 0 Å². The van der Waals surface area contributed by atoms with E-state index in [-0.39, 0.29) is 0 Å². The van der Waals surface area contributed by atoms with E-state index >= 15 is 0 Å². The van der Waals surface area contributed by atoms with E-state index in [1.54, 1.807) is 0 Å². The molecule has 0 amide bonds. The first-order valence-electron chi connectivity index (χ1n) is 6.84. The fourth-order valence-electron chi connectivity index (χ4n) is 3.07. The predicted molar refractivity (Wildman–Crippen MR) is 88.1 cm³/mol. The van der Waals surface area contributed by atoms with Crippen LogP contribution in [-0.4, -0.2) is 0 Å². The summed E-state index contributed by atoms with van der Waals surface area (Å²) in [5.74, 6) is 0. The molecule has 1 nitrogen and oxygen atoms in total. The summed E-state index contributed by atoms with van der Waals surface area (Å²) < 4.78 is 0. The van der Waals surface area contributed by atoms with E-state index in [1.807, 2.05) is 6.07 Å². The third-order valence-electron chi connectivity index (χ3n) is 4.10.